The molecule has 0 fully saturated rings. The second kappa shape index (κ2) is 7.68. The van der Waals surface area contributed by atoms with Crippen molar-refractivity contribution in [3.05, 3.63) is 54.1 Å². The first kappa shape index (κ1) is 16.8. The quantitative estimate of drug-likeness (QED) is 0.682. The third kappa shape index (κ3) is 4.27. The van der Waals surface area contributed by atoms with Gasteiger partial charge >= 0.3 is 0 Å². The van der Waals surface area contributed by atoms with E-state index in [2.05, 4.69) is 33.4 Å². The Balaban J connectivity index is 1.48. The second-order valence-corrected chi connectivity index (χ2v) is 7.83. The van der Waals surface area contributed by atoms with Gasteiger partial charge in [-0.25, -0.2) is 4.98 Å². The number of nitrogens with one attached hydrogen (secondary N) is 1. The van der Waals surface area contributed by atoms with E-state index in [1.54, 1.807) is 11.3 Å². The third-order valence-corrected chi connectivity index (χ3v) is 5.72. The molecule has 0 aliphatic carbocycles. The lowest BCUT2D eigenvalue weighted by Crippen LogP contribution is -2.24. The van der Waals surface area contributed by atoms with Crippen LogP contribution in [-0.4, -0.2) is 30.7 Å². The van der Waals surface area contributed by atoms with Crippen molar-refractivity contribution < 1.29 is 4.79 Å². The van der Waals surface area contributed by atoms with Gasteiger partial charge in [0.2, 0.25) is 5.91 Å². The molecule has 0 spiro atoms. The molecule has 0 radical (unpaired) electrons. The Morgan fingerprint density at radius 2 is 1.92 bits per heavy atom. The summed E-state index contributed by atoms with van der Waals surface area (Å²) < 4.78 is 2.09. The van der Waals surface area contributed by atoms with Gasteiger partial charge in [0.05, 0.1) is 16.0 Å². The fourth-order valence-electron chi connectivity index (χ4n) is 2.20. The van der Waals surface area contributed by atoms with Crippen LogP contribution in [0.25, 0.3) is 10.2 Å². The van der Waals surface area contributed by atoms with Gasteiger partial charge in [-0.1, -0.05) is 36.0 Å². The van der Waals surface area contributed by atoms with Gasteiger partial charge in [0.25, 0.3) is 0 Å². The highest BCUT2D eigenvalue weighted by molar-refractivity contribution is 8.01. The van der Waals surface area contributed by atoms with Crippen LogP contribution in [0.4, 0.5) is 5.69 Å². The number of fused-ring (bicyclic) bond motifs is 1. The van der Waals surface area contributed by atoms with E-state index in [0.29, 0.717) is 12.3 Å². The number of hydrogen-bond donors (Lipinski definition) is 1. The molecule has 1 amide bonds. The Kier molecular flexibility index (Phi) is 5.37. The molecule has 1 aromatic heterocycles. The first-order chi connectivity index (χ1) is 11.6. The number of hydrogen-bond acceptors (Lipinski definition) is 5. The Morgan fingerprint density at radius 3 is 2.62 bits per heavy atom. The second-order valence-electron chi connectivity index (χ2n) is 5.57. The van der Waals surface area contributed by atoms with Crippen LogP contribution in [0.2, 0.25) is 0 Å². The maximum Gasteiger partial charge on any atom is 0.230 e. The van der Waals surface area contributed by atoms with Gasteiger partial charge in [0.1, 0.15) is 0 Å². The Hall–Kier alpha value is -2.05. The van der Waals surface area contributed by atoms with Crippen molar-refractivity contribution >= 4 is 44.9 Å². The highest BCUT2D eigenvalue weighted by atomic mass is 32.2. The minimum Gasteiger partial charge on any atom is -0.378 e. The summed E-state index contributed by atoms with van der Waals surface area (Å²) in [6.07, 6.45) is 0. The minimum absolute atomic E-state index is 0.0240. The average molecular weight is 358 g/mol. The lowest BCUT2D eigenvalue weighted by atomic mass is 10.2. The lowest BCUT2D eigenvalue weighted by Gasteiger charge is -2.12. The fourth-order valence-corrected chi connectivity index (χ4v) is 4.10. The van der Waals surface area contributed by atoms with Crippen LogP contribution >= 0.6 is 23.1 Å². The molecular formula is C18H19N3OS2. The smallest absolute Gasteiger partial charge is 0.230 e. The van der Waals surface area contributed by atoms with Crippen LogP contribution in [-0.2, 0) is 11.3 Å². The number of thiazole rings is 1. The number of anilines is 1. The van der Waals surface area contributed by atoms with Crippen LogP contribution in [0.3, 0.4) is 0 Å². The summed E-state index contributed by atoms with van der Waals surface area (Å²) in [5.41, 5.74) is 3.24. The largest absolute Gasteiger partial charge is 0.378 e. The zero-order valence-electron chi connectivity index (χ0n) is 13.7. The van der Waals surface area contributed by atoms with E-state index in [4.69, 9.17) is 0 Å². The molecule has 6 heteroatoms. The molecule has 0 unspecified atom stereocenters. The molecule has 0 bridgehead atoms. The van der Waals surface area contributed by atoms with Gasteiger partial charge in [-0.15, -0.1) is 11.3 Å². The van der Waals surface area contributed by atoms with Crippen molar-refractivity contribution in [2.24, 2.45) is 0 Å². The summed E-state index contributed by atoms with van der Waals surface area (Å²) in [5, 5.41) is 2.96. The number of carbonyl (C=O) groups excluding carboxylic acids is 1. The SMILES string of the molecule is CN(C)c1ccc(CNC(=O)CSc2nc3ccccc3s2)cc1. The van der Waals surface area contributed by atoms with Crippen LogP contribution in [0.5, 0.6) is 0 Å². The van der Waals surface area contributed by atoms with Gasteiger partial charge in [0, 0.05) is 26.3 Å². The Morgan fingerprint density at radius 1 is 1.17 bits per heavy atom. The van der Waals surface area contributed by atoms with Crippen LogP contribution in [0, 0.1) is 0 Å². The van der Waals surface area contributed by atoms with Gasteiger partial charge < -0.3 is 10.2 Å². The molecule has 124 valence electrons. The molecule has 4 nitrogen and oxygen atoms in total. The van der Waals surface area contributed by atoms with Crippen molar-refractivity contribution in [3.8, 4) is 0 Å². The van der Waals surface area contributed by atoms with Crippen LogP contribution < -0.4 is 10.2 Å². The van der Waals surface area contributed by atoms with E-state index >= 15 is 0 Å². The van der Waals surface area contributed by atoms with Gasteiger partial charge in [-0.2, -0.15) is 0 Å². The molecule has 0 atom stereocenters. The summed E-state index contributed by atoms with van der Waals surface area (Å²) in [6.45, 7) is 0.549. The number of nitrogens with zero attached hydrogens (tertiary/aromatic N) is 2. The fraction of sp³-hybridized carbons (Fsp3) is 0.222. The molecule has 24 heavy (non-hydrogen) atoms. The highest BCUT2D eigenvalue weighted by Crippen LogP contribution is 2.29. The first-order valence-electron chi connectivity index (χ1n) is 7.63. The first-order valence-corrected chi connectivity index (χ1v) is 9.43. The van der Waals surface area contributed by atoms with Gasteiger partial charge in [-0.3, -0.25) is 4.79 Å². The number of aromatic nitrogens is 1. The van der Waals surface area contributed by atoms with E-state index in [9.17, 15) is 4.79 Å². The standard InChI is InChI=1S/C18H19N3OS2/c1-21(2)14-9-7-13(8-10-14)11-19-17(22)12-23-18-20-15-5-3-4-6-16(15)24-18/h3-10H,11-12H2,1-2H3,(H,19,22). The van der Waals surface area contributed by atoms with E-state index in [1.165, 1.54) is 11.8 Å². The lowest BCUT2D eigenvalue weighted by molar-refractivity contribution is -0.118. The number of thioether (sulfide) groups is 1. The summed E-state index contributed by atoms with van der Waals surface area (Å²) in [6, 6.07) is 16.2. The maximum atomic E-state index is 12.0. The zero-order chi connectivity index (χ0) is 16.9. The predicted molar refractivity (Wildman–Crippen MR) is 103 cm³/mol. The average Bonchev–Trinajstić information content (AvgIpc) is 3.01. The number of amides is 1. The number of carbonyl (C=O) groups is 1. The van der Waals surface area contributed by atoms with Crippen LogP contribution in [0.15, 0.2) is 52.9 Å². The monoisotopic (exact) mass is 357 g/mol. The minimum atomic E-state index is 0.0240. The Labute approximate surface area is 149 Å². The highest BCUT2D eigenvalue weighted by Gasteiger charge is 2.07. The zero-order valence-corrected chi connectivity index (χ0v) is 15.3. The van der Waals surface area contributed by atoms with Crippen molar-refractivity contribution in [3.63, 3.8) is 0 Å². The molecule has 0 saturated carbocycles. The summed E-state index contributed by atoms with van der Waals surface area (Å²) in [5.74, 6) is 0.409. The summed E-state index contributed by atoms with van der Waals surface area (Å²) in [7, 11) is 4.02. The molecule has 2 aromatic carbocycles. The topological polar surface area (TPSA) is 45.2 Å². The Bertz CT molecular complexity index is 795. The van der Waals surface area contributed by atoms with Crippen LogP contribution in [0.1, 0.15) is 5.56 Å². The summed E-state index contributed by atoms with van der Waals surface area (Å²) >= 11 is 3.11. The van der Waals surface area contributed by atoms with E-state index in [-0.39, 0.29) is 5.91 Å². The molecule has 1 heterocycles. The number of rotatable bonds is 6. The van der Waals surface area contributed by atoms with E-state index < -0.39 is 0 Å². The molecule has 3 rings (SSSR count). The number of para-hydroxylation sites is 1. The summed E-state index contributed by atoms with van der Waals surface area (Å²) in [4.78, 5) is 18.6. The third-order valence-electron chi connectivity index (χ3n) is 3.54. The molecule has 1 N–H and O–H groups in total. The van der Waals surface area contributed by atoms with Crippen molar-refractivity contribution in [2.75, 3.05) is 24.7 Å². The maximum absolute atomic E-state index is 12.0. The van der Waals surface area contributed by atoms with E-state index in [0.717, 1.165) is 25.8 Å². The van der Waals surface area contributed by atoms with Gasteiger partial charge in [0.15, 0.2) is 4.34 Å². The number of benzene rings is 2. The molecule has 0 aliphatic rings. The molecular weight excluding hydrogens is 338 g/mol. The molecule has 0 saturated heterocycles. The van der Waals surface area contributed by atoms with Crippen molar-refractivity contribution in [2.45, 2.75) is 10.9 Å². The normalized spacial score (nSPS) is 10.8. The predicted octanol–water partition coefficient (Wildman–Crippen LogP) is 3.77. The molecule has 0 aliphatic heterocycles. The van der Waals surface area contributed by atoms with Crippen molar-refractivity contribution in [1.82, 2.24) is 10.3 Å². The van der Waals surface area contributed by atoms with E-state index in [1.807, 2.05) is 44.4 Å². The van der Waals surface area contributed by atoms with Gasteiger partial charge in [-0.05, 0) is 29.8 Å². The molecule has 3 aromatic rings. The van der Waals surface area contributed by atoms with Crippen molar-refractivity contribution in [1.29, 1.82) is 0 Å².